The quantitative estimate of drug-likeness (QED) is 0.495. The molecule has 2 atom stereocenters. The number of carbonyl (C=O) groups excluding carboxylic acids is 1. The minimum atomic E-state index is -4.51. The fraction of sp³-hybridized carbons (Fsp3) is 0.538. The molecule has 0 N–H and O–H groups in total. The first-order valence-corrected chi connectivity index (χ1v) is 11.8. The number of aldehydes is 1. The largest absolute Gasteiger partial charge is 0.417 e. The smallest absolute Gasteiger partial charge is 0.373 e. The van der Waals surface area contributed by atoms with Crippen molar-refractivity contribution in [2.75, 3.05) is 11.4 Å². The summed E-state index contributed by atoms with van der Waals surface area (Å²) in [5, 5.41) is 0. The number of hydrogen-bond donors (Lipinski definition) is 0. The molecule has 0 bridgehead atoms. The van der Waals surface area contributed by atoms with Gasteiger partial charge in [0.2, 0.25) is 0 Å². The van der Waals surface area contributed by atoms with Crippen molar-refractivity contribution < 1.29 is 22.7 Å². The number of hydrogen-bond acceptors (Lipinski definition) is 4. The lowest BCUT2D eigenvalue weighted by Crippen LogP contribution is -2.39. The number of benzene rings is 1. The van der Waals surface area contributed by atoms with Gasteiger partial charge in [-0.1, -0.05) is 30.3 Å². The summed E-state index contributed by atoms with van der Waals surface area (Å²) < 4.78 is 45.4. The molecule has 1 spiro atoms. The van der Waals surface area contributed by atoms with Crippen molar-refractivity contribution in [3.8, 4) is 0 Å². The summed E-state index contributed by atoms with van der Waals surface area (Å²) in [6.45, 7) is 1.38. The van der Waals surface area contributed by atoms with Gasteiger partial charge in [-0.15, -0.1) is 0 Å². The molecule has 4 nitrogen and oxygen atoms in total. The monoisotopic (exact) mass is 458 g/mol. The van der Waals surface area contributed by atoms with Crippen molar-refractivity contribution in [2.24, 2.45) is 11.3 Å². The summed E-state index contributed by atoms with van der Waals surface area (Å²) in [7, 11) is 0. The maximum Gasteiger partial charge on any atom is 0.417 e. The summed E-state index contributed by atoms with van der Waals surface area (Å²) in [6, 6.07) is 11.4. The Morgan fingerprint density at radius 2 is 1.91 bits per heavy atom. The van der Waals surface area contributed by atoms with E-state index in [0.717, 1.165) is 63.8 Å². The average Bonchev–Trinajstić information content (AvgIpc) is 3.25. The van der Waals surface area contributed by atoms with Gasteiger partial charge in [-0.2, -0.15) is 13.2 Å². The molecule has 2 aliphatic carbocycles. The molecule has 3 aliphatic rings. The zero-order valence-corrected chi connectivity index (χ0v) is 18.6. The third kappa shape index (κ3) is 4.52. The van der Waals surface area contributed by atoms with Crippen molar-refractivity contribution >= 4 is 12.1 Å². The fourth-order valence-electron chi connectivity index (χ4n) is 5.94. The molecule has 5 rings (SSSR count). The van der Waals surface area contributed by atoms with Crippen molar-refractivity contribution in [2.45, 2.75) is 69.9 Å². The summed E-state index contributed by atoms with van der Waals surface area (Å²) in [5.74, 6) is 0.869. The van der Waals surface area contributed by atoms with E-state index in [4.69, 9.17) is 4.74 Å². The van der Waals surface area contributed by atoms with Gasteiger partial charge in [0.05, 0.1) is 23.8 Å². The summed E-state index contributed by atoms with van der Waals surface area (Å²) in [5.41, 5.74) is 0.652. The molecular formula is C26H29F3N2O2. The van der Waals surface area contributed by atoms with Crippen LogP contribution in [-0.4, -0.2) is 30.0 Å². The minimum absolute atomic E-state index is 0.0283. The Morgan fingerprint density at radius 3 is 2.61 bits per heavy atom. The molecule has 7 heteroatoms. The van der Waals surface area contributed by atoms with Crippen LogP contribution in [0.15, 0.2) is 42.6 Å². The molecule has 1 aromatic heterocycles. The lowest BCUT2D eigenvalue weighted by atomic mass is 9.75. The zero-order valence-electron chi connectivity index (χ0n) is 18.6. The van der Waals surface area contributed by atoms with Crippen LogP contribution in [0.5, 0.6) is 0 Å². The summed E-state index contributed by atoms with van der Waals surface area (Å²) in [4.78, 5) is 17.8. The lowest BCUT2D eigenvalue weighted by Gasteiger charge is -2.38. The highest BCUT2D eigenvalue weighted by molar-refractivity contribution is 5.83. The van der Waals surface area contributed by atoms with E-state index in [1.165, 1.54) is 5.56 Å². The van der Waals surface area contributed by atoms with Gasteiger partial charge in [-0.05, 0) is 67.9 Å². The van der Waals surface area contributed by atoms with Crippen LogP contribution in [-0.2, 0) is 17.5 Å². The Balaban J connectivity index is 1.21. The minimum Gasteiger partial charge on any atom is -0.373 e. The number of rotatable bonds is 6. The molecule has 2 heterocycles. The third-order valence-corrected chi connectivity index (χ3v) is 7.90. The first kappa shape index (κ1) is 22.4. The molecule has 0 unspecified atom stereocenters. The number of aromatic nitrogens is 1. The second-order valence-electron chi connectivity index (χ2n) is 9.84. The number of halogens is 3. The topological polar surface area (TPSA) is 42.4 Å². The van der Waals surface area contributed by atoms with E-state index >= 15 is 0 Å². The summed E-state index contributed by atoms with van der Waals surface area (Å²) >= 11 is 0. The van der Waals surface area contributed by atoms with E-state index in [-0.39, 0.29) is 11.6 Å². The van der Waals surface area contributed by atoms with E-state index in [1.54, 1.807) is 0 Å². The Morgan fingerprint density at radius 1 is 1.15 bits per heavy atom. The molecule has 1 aliphatic heterocycles. The van der Waals surface area contributed by atoms with E-state index in [9.17, 15) is 18.0 Å². The second-order valence-corrected chi connectivity index (χ2v) is 9.84. The van der Waals surface area contributed by atoms with Crippen molar-refractivity contribution in [1.29, 1.82) is 0 Å². The van der Waals surface area contributed by atoms with Crippen LogP contribution in [0, 0.1) is 11.3 Å². The van der Waals surface area contributed by atoms with Gasteiger partial charge >= 0.3 is 6.18 Å². The van der Waals surface area contributed by atoms with Gasteiger partial charge in [0.1, 0.15) is 5.82 Å². The Kier molecular flexibility index (Phi) is 5.93. The van der Waals surface area contributed by atoms with Crippen molar-refractivity contribution in [1.82, 2.24) is 4.98 Å². The van der Waals surface area contributed by atoms with Crippen molar-refractivity contribution in [3.05, 3.63) is 59.3 Å². The van der Waals surface area contributed by atoms with E-state index in [2.05, 4.69) is 22.0 Å². The highest BCUT2D eigenvalue weighted by atomic mass is 19.4. The Labute approximate surface area is 192 Å². The van der Waals surface area contributed by atoms with Crippen LogP contribution in [0.4, 0.5) is 19.0 Å². The molecule has 1 aromatic carbocycles. The van der Waals surface area contributed by atoms with Gasteiger partial charge < -0.3 is 9.64 Å². The first-order chi connectivity index (χ1) is 15.9. The third-order valence-electron chi connectivity index (χ3n) is 7.90. The molecule has 0 radical (unpaired) electrons. The van der Waals surface area contributed by atoms with Crippen molar-refractivity contribution in [3.63, 3.8) is 0 Å². The van der Waals surface area contributed by atoms with Crippen LogP contribution in [0.2, 0.25) is 0 Å². The normalized spacial score (nSPS) is 29.4. The number of ether oxygens (including phenoxy) is 1. The number of carbonyl (C=O) groups is 1. The van der Waals surface area contributed by atoms with Gasteiger partial charge in [0, 0.05) is 18.8 Å². The van der Waals surface area contributed by atoms with Crippen LogP contribution in [0.25, 0.3) is 0 Å². The Bertz CT molecular complexity index is 987. The highest BCUT2D eigenvalue weighted by Gasteiger charge is 2.56. The average molecular weight is 459 g/mol. The van der Waals surface area contributed by atoms with Crippen LogP contribution >= 0.6 is 0 Å². The molecule has 2 aromatic rings. The maximum absolute atomic E-state index is 13.1. The molecule has 0 amide bonds. The van der Waals surface area contributed by atoms with Gasteiger partial charge in [0.15, 0.2) is 6.29 Å². The molecule has 33 heavy (non-hydrogen) atoms. The molecule has 2 saturated carbocycles. The van der Waals surface area contributed by atoms with Crippen LogP contribution in [0.1, 0.15) is 66.4 Å². The lowest BCUT2D eigenvalue weighted by molar-refractivity contribution is -0.137. The highest BCUT2D eigenvalue weighted by Crippen LogP contribution is 2.60. The molecule has 3 fully saturated rings. The number of alkyl halides is 3. The summed E-state index contributed by atoms with van der Waals surface area (Å²) in [6.07, 6.45) is 4.69. The van der Waals surface area contributed by atoms with Gasteiger partial charge in [-0.25, -0.2) is 4.98 Å². The molecular weight excluding hydrogens is 429 g/mol. The predicted molar refractivity (Wildman–Crippen MR) is 119 cm³/mol. The number of anilines is 1. The second kappa shape index (κ2) is 8.75. The molecule has 176 valence electrons. The Hall–Kier alpha value is -2.41. The predicted octanol–water partition coefficient (Wildman–Crippen LogP) is 6.05. The van der Waals surface area contributed by atoms with E-state index in [0.29, 0.717) is 36.1 Å². The standard InChI is InChI=1S/C26H29F3N2O2/c27-26(28,29)21-13-20(16-32)24(30-15-21)31-12-4-7-22(31)19-8-10-25(11-9-19)14-23(25)33-17-18-5-2-1-3-6-18/h1-3,5-6,13,15-16,19,22-23H,4,7-12,14,17H2/t19?,22-,23-,25?/m1/s1. The molecule has 1 saturated heterocycles. The van der Waals surface area contributed by atoms with E-state index in [1.807, 2.05) is 18.2 Å². The van der Waals surface area contributed by atoms with Gasteiger partial charge in [0.25, 0.3) is 0 Å². The maximum atomic E-state index is 13.1. The SMILES string of the molecule is O=Cc1cc(C(F)(F)F)cnc1N1CCC[C@@H]1C1CCC2(CC1)C[C@H]2OCc1ccccc1. The zero-order chi connectivity index (χ0) is 23.1. The van der Waals surface area contributed by atoms with E-state index < -0.39 is 11.7 Å². The van der Waals surface area contributed by atoms with Gasteiger partial charge in [-0.3, -0.25) is 4.79 Å². The van der Waals surface area contributed by atoms with Crippen LogP contribution < -0.4 is 4.90 Å². The number of nitrogens with zero attached hydrogens (tertiary/aromatic N) is 2. The number of pyridine rings is 1. The fourth-order valence-corrected chi connectivity index (χ4v) is 5.94. The first-order valence-electron chi connectivity index (χ1n) is 11.8. The van der Waals surface area contributed by atoms with Crippen LogP contribution in [0.3, 0.4) is 0 Å².